The first-order chi connectivity index (χ1) is 9.90. The summed E-state index contributed by atoms with van der Waals surface area (Å²) < 4.78 is 55.5. The van der Waals surface area contributed by atoms with E-state index in [9.17, 15) is 17.7 Å². The minimum Gasteiger partial charge on any atom is -0.598 e. The average Bonchev–Trinajstić information content (AvgIpc) is 2.34. The van der Waals surface area contributed by atoms with Crippen LogP contribution >= 0.6 is 11.6 Å². The van der Waals surface area contributed by atoms with Crippen LogP contribution in [0.5, 0.6) is 5.75 Å². The molecule has 0 bridgehead atoms. The first-order valence-corrected chi connectivity index (χ1v) is 8.10. The van der Waals surface area contributed by atoms with Crippen LogP contribution in [-0.2, 0) is 11.4 Å². The Morgan fingerprint density at radius 2 is 1.91 bits per heavy atom. The molecule has 22 heavy (non-hydrogen) atoms. The molecule has 0 heterocycles. The van der Waals surface area contributed by atoms with Crippen molar-refractivity contribution in [3.63, 3.8) is 0 Å². The number of hydrogen-bond donors (Lipinski definition) is 1. The van der Waals surface area contributed by atoms with E-state index in [2.05, 4.69) is 9.46 Å². The highest BCUT2D eigenvalue weighted by Gasteiger charge is 2.30. The lowest BCUT2D eigenvalue weighted by Gasteiger charge is -2.27. The van der Waals surface area contributed by atoms with Gasteiger partial charge < -0.3 is 9.29 Å². The van der Waals surface area contributed by atoms with Gasteiger partial charge in [-0.25, -0.2) is 0 Å². The van der Waals surface area contributed by atoms with Crippen LogP contribution in [0, 0.1) is 0 Å². The molecule has 0 saturated heterocycles. The third-order valence-electron chi connectivity index (χ3n) is 2.68. The summed E-state index contributed by atoms with van der Waals surface area (Å²) in [6.07, 6.45) is -4.40. The van der Waals surface area contributed by atoms with Gasteiger partial charge in [0.2, 0.25) is 0 Å². The third kappa shape index (κ3) is 6.24. The molecular formula is C14H19ClF3NO2S. The van der Waals surface area contributed by atoms with Gasteiger partial charge in [-0.15, -0.1) is 4.72 Å². The van der Waals surface area contributed by atoms with E-state index >= 15 is 0 Å². The fourth-order valence-corrected chi connectivity index (χ4v) is 2.65. The monoisotopic (exact) mass is 357 g/mol. The van der Waals surface area contributed by atoms with Gasteiger partial charge in [0.1, 0.15) is 10.5 Å². The van der Waals surface area contributed by atoms with Crippen molar-refractivity contribution in [2.75, 3.05) is 6.61 Å². The van der Waals surface area contributed by atoms with E-state index in [-0.39, 0.29) is 16.8 Å². The smallest absolute Gasteiger partial charge is 0.422 e. The molecule has 1 rings (SSSR count). The Balaban J connectivity index is 2.77. The lowest BCUT2D eigenvalue weighted by atomic mass is 10.1. The van der Waals surface area contributed by atoms with E-state index in [1.165, 1.54) is 12.1 Å². The lowest BCUT2D eigenvalue weighted by Crippen LogP contribution is -2.40. The van der Waals surface area contributed by atoms with Gasteiger partial charge in [-0.2, -0.15) is 13.2 Å². The largest absolute Gasteiger partial charge is 0.598 e. The van der Waals surface area contributed by atoms with Crippen molar-refractivity contribution in [1.29, 1.82) is 0 Å². The summed E-state index contributed by atoms with van der Waals surface area (Å²) in [5.41, 5.74) is 0.638. The van der Waals surface area contributed by atoms with E-state index in [0.717, 1.165) is 0 Å². The first-order valence-electron chi connectivity index (χ1n) is 6.57. The van der Waals surface area contributed by atoms with E-state index in [1.807, 2.05) is 20.8 Å². The number of hydrogen-bond acceptors (Lipinski definition) is 3. The van der Waals surface area contributed by atoms with Gasteiger partial charge in [0.15, 0.2) is 6.61 Å². The van der Waals surface area contributed by atoms with Crippen molar-refractivity contribution >= 4 is 23.0 Å². The zero-order valence-electron chi connectivity index (χ0n) is 12.8. The predicted molar refractivity (Wildman–Crippen MR) is 82.4 cm³/mol. The number of benzene rings is 1. The first kappa shape index (κ1) is 19.4. The van der Waals surface area contributed by atoms with Crippen molar-refractivity contribution in [3.05, 3.63) is 28.8 Å². The molecule has 126 valence electrons. The quantitative estimate of drug-likeness (QED) is 0.795. The van der Waals surface area contributed by atoms with Gasteiger partial charge in [0, 0.05) is 16.4 Å². The molecule has 0 fully saturated rings. The maximum atomic E-state index is 12.1. The molecule has 1 N–H and O–H groups in total. The van der Waals surface area contributed by atoms with Crippen molar-refractivity contribution in [2.24, 2.45) is 0 Å². The number of ether oxygens (including phenoxy) is 1. The highest BCUT2D eigenvalue weighted by Crippen LogP contribution is 2.29. The Morgan fingerprint density at radius 3 is 2.36 bits per heavy atom. The molecule has 2 atom stereocenters. The van der Waals surface area contributed by atoms with Gasteiger partial charge in [0.05, 0.1) is 6.04 Å². The van der Waals surface area contributed by atoms with Gasteiger partial charge >= 0.3 is 6.18 Å². The molecule has 0 amide bonds. The van der Waals surface area contributed by atoms with Crippen LogP contribution in [0.4, 0.5) is 13.2 Å². The van der Waals surface area contributed by atoms with Crippen LogP contribution in [-0.4, -0.2) is 22.1 Å². The lowest BCUT2D eigenvalue weighted by molar-refractivity contribution is -0.153. The fraction of sp³-hybridized carbons (Fsp3) is 0.571. The summed E-state index contributed by atoms with van der Waals surface area (Å²) in [5.74, 6) is 0.0372. The summed E-state index contributed by atoms with van der Waals surface area (Å²) >= 11 is 4.79. The maximum Gasteiger partial charge on any atom is 0.422 e. The minimum atomic E-state index is -4.40. The average molecular weight is 358 g/mol. The Morgan fingerprint density at radius 1 is 1.32 bits per heavy atom. The summed E-state index contributed by atoms with van der Waals surface area (Å²) in [6.45, 7) is 5.90. The predicted octanol–water partition coefficient (Wildman–Crippen LogP) is 4.39. The van der Waals surface area contributed by atoms with Crippen molar-refractivity contribution < 1.29 is 22.5 Å². The summed E-state index contributed by atoms with van der Waals surface area (Å²) in [4.78, 5) is 0. The van der Waals surface area contributed by atoms with Gasteiger partial charge in [-0.05, 0) is 45.4 Å². The second-order valence-electron chi connectivity index (χ2n) is 5.81. The molecule has 0 aliphatic rings. The van der Waals surface area contributed by atoms with E-state index in [0.29, 0.717) is 5.56 Å². The van der Waals surface area contributed by atoms with Crippen LogP contribution in [0.1, 0.15) is 39.3 Å². The molecule has 1 aromatic rings. The van der Waals surface area contributed by atoms with E-state index in [4.69, 9.17) is 11.6 Å². The fourth-order valence-electron chi connectivity index (χ4n) is 1.51. The topological polar surface area (TPSA) is 44.3 Å². The zero-order chi connectivity index (χ0) is 17.1. The van der Waals surface area contributed by atoms with Gasteiger partial charge in [-0.1, -0.05) is 17.7 Å². The number of rotatable bonds is 5. The van der Waals surface area contributed by atoms with E-state index in [1.54, 1.807) is 13.0 Å². The summed E-state index contributed by atoms with van der Waals surface area (Å²) in [5, 5.41) is 0.255. The number of halogens is 4. The van der Waals surface area contributed by atoms with Crippen LogP contribution in [0.2, 0.25) is 5.02 Å². The number of nitrogens with one attached hydrogen (secondary N) is 1. The van der Waals surface area contributed by atoms with Crippen LogP contribution in [0.25, 0.3) is 0 Å². The number of alkyl halides is 3. The molecule has 2 unspecified atom stereocenters. The Labute approximate surface area is 136 Å². The summed E-state index contributed by atoms with van der Waals surface area (Å²) in [6, 6.07) is 3.97. The molecule has 0 aliphatic heterocycles. The van der Waals surface area contributed by atoms with Crippen LogP contribution in [0.3, 0.4) is 0 Å². The Bertz CT molecular complexity index is 506. The normalized spacial score (nSPS) is 15.5. The van der Waals surface area contributed by atoms with Gasteiger partial charge in [-0.3, -0.25) is 0 Å². The molecule has 0 radical (unpaired) electrons. The van der Waals surface area contributed by atoms with Crippen molar-refractivity contribution in [1.82, 2.24) is 4.72 Å². The van der Waals surface area contributed by atoms with Crippen LogP contribution in [0.15, 0.2) is 18.2 Å². The molecule has 8 heteroatoms. The standard InChI is InChI=1S/C14H19ClF3NO2S/c1-9(19-22(20)13(2,3)4)11-6-5-10(7-12(11)15)21-8-14(16,17)18/h5-7,9,19H,8H2,1-4H3. The molecule has 0 aromatic heterocycles. The minimum absolute atomic E-state index is 0.0372. The Hall–Kier alpha value is -0.630. The second-order valence-corrected chi connectivity index (χ2v) is 8.21. The maximum absolute atomic E-state index is 12.1. The van der Waals surface area contributed by atoms with Gasteiger partial charge in [0.25, 0.3) is 0 Å². The second kappa shape index (κ2) is 7.29. The third-order valence-corrected chi connectivity index (χ3v) is 4.69. The molecule has 0 spiro atoms. The van der Waals surface area contributed by atoms with E-state index < -0.39 is 28.9 Å². The molecular weight excluding hydrogens is 339 g/mol. The highest BCUT2D eigenvalue weighted by atomic mass is 35.5. The van der Waals surface area contributed by atoms with Crippen LogP contribution < -0.4 is 9.46 Å². The van der Waals surface area contributed by atoms with Crippen molar-refractivity contribution in [2.45, 2.75) is 44.7 Å². The van der Waals surface area contributed by atoms with Crippen molar-refractivity contribution in [3.8, 4) is 5.75 Å². The Kier molecular flexibility index (Phi) is 6.44. The molecule has 1 aromatic carbocycles. The zero-order valence-corrected chi connectivity index (χ0v) is 14.3. The summed E-state index contributed by atoms with van der Waals surface area (Å²) in [7, 11) is 0. The SMILES string of the molecule is CC(N[S+]([O-])C(C)(C)C)c1ccc(OCC(F)(F)F)cc1Cl. The molecule has 0 saturated carbocycles. The molecule has 0 aliphatic carbocycles. The molecule has 3 nitrogen and oxygen atoms in total. The highest BCUT2D eigenvalue weighted by molar-refractivity contribution is 7.90.